The summed E-state index contributed by atoms with van der Waals surface area (Å²) in [6, 6.07) is 16.3. The molecule has 2 aromatic carbocycles. The Morgan fingerprint density at radius 1 is 1.00 bits per heavy atom. The summed E-state index contributed by atoms with van der Waals surface area (Å²) in [5.41, 5.74) is 1.67. The molecule has 0 atom stereocenters. The molecule has 1 fully saturated rings. The van der Waals surface area contributed by atoms with Crippen LogP contribution in [0.3, 0.4) is 0 Å². The van der Waals surface area contributed by atoms with Gasteiger partial charge in [0.05, 0.1) is 4.90 Å². The van der Waals surface area contributed by atoms with Crippen molar-refractivity contribution in [3.8, 4) is 0 Å². The molecule has 174 valence electrons. The number of hydrogen-bond donors (Lipinski definition) is 1. The Morgan fingerprint density at radius 3 is 2.39 bits per heavy atom. The fourth-order valence-electron chi connectivity index (χ4n) is 4.31. The number of carbonyl (C=O) groups excluding carboxylic acids is 2. The van der Waals surface area contributed by atoms with Crippen LogP contribution in [0.15, 0.2) is 65.7 Å². The molecular weight excluding hydrogens is 438 g/mol. The van der Waals surface area contributed by atoms with Gasteiger partial charge in [0.2, 0.25) is 15.9 Å². The van der Waals surface area contributed by atoms with Gasteiger partial charge in [-0.1, -0.05) is 30.3 Å². The fraction of sp³-hybridized carbons (Fsp3) is 0.360. The number of piperidine rings is 1. The Balaban J connectivity index is 1.24. The van der Waals surface area contributed by atoms with Gasteiger partial charge in [0.15, 0.2) is 5.78 Å². The van der Waals surface area contributed by atoms with E-state index >= 15 is 0 Å². The van der Waals surface area contributed by atoms with Crippen molar-refractivity contribution in [3.63, 3.8) is 0 Å². The van der Waals surface area contributed by atoms with Gasteiger partial charge in [0.1, 0.15) is 0 Å². The van der Waals surface area contributed by atoms with Crippen LogP contribution in [0.25, 0.3) is 10.9 Å². The largest absolute Gasteiger partial charge is 0.356 e. The summed E-state index contributed by atoms with van der Waals surface area (Å²) in [7, 11) is -3.63. The molecule has 1 aromatic heterocycles. The van der Waals surface area contributed by atoms with Crippen molar-refractivity contribution in [2.75, 3.05) is 19.6 Å². The van der Waals surface area contributed by atoms with E-state index in [1.807, 2.05) is 12.1 Å². The van der Waals surface area contributed by atoms with Crippen LogP contribution in [-0.2, 0) is 21.4 Å². The van der Waals surface area contributed by atoms with E-state index in [4.69, 9.17) is 0 Å². The average Bonchev–Trinajstić information content (AvgIpc) is 3.25. The molecule has 0 bridgehead atoms. The minimum absolute atomic E-state index is 0.00442. The monoisotopic (exact) mass is 467 g/mol. The number of benzene rings is 2. The number of Topliss-reactive ketones (excluding diaryl/α,β-unsaturated/α-hetero) is 1. The number of sulfonamides is 1. The Kier molecular flexibility index (Phi) is 6.95. The lowest BCUT2D eigenvalue weighted by atomic mass is 9.97. The van der Waals surface area contributed by atoms with Crippen LogP contribution in [0.4, 0.5) is 0 Å². The molecule has 0 saturated carbocycles. The summed E-state index contributed by atoms with van der Waals surface area (Å²) < 4.78 is 29.4. The molecule has 8 heteroatoms. The van der Waals surface area contributed by atoms with Gasteiger partial charge in [0, 0.05) is 49.4 Å². The maximum absolute atomic E-state index is 12.9. The number of fused-ring (bicyclic) bond motifs is 1. The van der Waals surface area contributed by atoms with Crippen molar-refractivity contribution in [1.82, 2.24) is 14.2 Å². The number of aryl methyl sites for hydroxylation is 1. The molecular formula is C25H29N3O4S. The molecule has 1 saturated heterocycles. The molecule has 4 rings (SSSR count). The van der Waals surface area contributed by atoms with Crippen molar-refractivity contribution >= 4 is 32.6 Å². The molecule has 1 N–H and O–H groups in total. The van der Waals surface area contributed by atoms with E-state index in [0.29, 0.717) is 38.0 Å². The van der Waals surface area contributed by atoms with Gasteiger partial charge < -0.3 is 9.88 Å². The van der Waals surface area contributed by atoms with Crippen molar-refractivity contribution in [1.29, 1.82) is 0 Å². The number of amides is 1. The first-order valence-corrected chi connectivity index (χ1v) is 12.7. The Labute approximate surface area is 194 Å². The number of hydrogen-bond acceptors (Lipinski definition) is 4. The van der Waals surface area contributed by atoms with Crippen LogP contribution in [-0.4, -0.2) is 48.6 Å². The number of nitrogens with one attached hydrogen (secondary N) is 1. The second kappa shape index (κ2) is 9.89. The highest BCUT2D eigenvalue weighted by Crippen LogP contribution is 2.24. The summed E-state index contributed by atoms with van der Waals surface area (Å²) in [6.07, 6.45) is 3.89. The highest BCUT2D eigenvalue weighted by molar-refractivity contribution is 7.89. The second-order valence-electron chi connectivity index (χ2n) is 8.47. The lowest BCUT2D eigenvalue weighted by Gasteiger charge is -2.30. The molecule has 1 aliphatic heterocycles. The van der Waals surface area contributed by atoms with Crippen molar-refractivity contribution < 1.29 is 18.0 Å². The maximum atomic E-state index is 12.9. The van der Waals surface area contributed by atoms with Crippen molar-refractivity contribution in [2.24, 2.45) is 5.92 Å². The van der Waals surface area contributed by atoms with Gasteiger partial charge in [-0.3, -0.25) is 9.59 Å². The van der Waals surface area contributed by atoms with Gasteiger partial charge >= 0.3 is 0 Å². The van der Waals surface area contributed by atoms with E-state index < -0.39 is 10.0 Å². The molecule has 2 heterocycles. The molecule has 33 heavy (non-hydrogen) atoms. The summed E-state index contributed by atoms with van der Waals surface area (Å²) in [6.45, 7) is 3.48. The minimum Gasteiger partial charge on any atom is -0.356 e. The van der Waals surface area contributed by atoms with Crippen LogP contribution in [0.1, 0.15) is 36.5 Å². The average molecular weight is 468 g/mol. The predicted molar refractivity (Wildman–Crippen MR) is 127 cm³/mol. The molecule has 1 aliphatic rings. The topological polar surface area (TPSA) is 88.5 Å². The number of ketones is 1. The van der Waals surface area contributed by atoms with Crippen molar-refractivity contribution in [2.45, 2.75) is 37.6 Å². The Morgan fingerprint density at radius 2 is 1.70 bits per heavy atom. The van der Waals surface area contributed by atoms with Gasteiger partial charge in [-0.25, -0.2) is 8.42 Å². The van der Waals surface area contributed by atoms with Gasteiger partial charge in [-0.2, -0.15) is 4.31 Å². The zero-order chi connectivity index (χ0) is 23.4. The molecule has 1 amide bonds. The minimum atomic E-state index is -3.63. The fourth-order valence-corrected chi connectivity index (χ4v) is 5.78. The lowest BCUT2D eigenvalue weighted by Crippen LogP contribution is -2.43. The van der Waals surface area contributed by atoms with E-state index in [1.165, 1.54) is 46.4 Å². The van der Waals surface area contributed by atoms with E-state index in [1.54, 1.807) is 0 Å². The number of nitrogens with zero attached hydrogens (tertiary/aromatic N) is 2. The number of rotatable bonds is 8. The first kappa shape index (κ1) is 23.2. The van der Waals surface area contributed by atoms with Crippen LogP contribution in [0.2, 0.25) is 0 Å². The summed E-state index contributed by atoms with van der Waals surface area (Å²) in [4.78, 5) is 24.2. The lowest BCUT2D eigenvalue weighted by molar-refractivity contribution is -0.126. The standard InChI is InChI=1S/C25H29N3O4S/c1-19(29)20-7-9-23(10-8-20)33(31,32)28-17-12-22(13-18-28)25(30)26-14-4-15-27-16-11-21-5-2-3-6-24(21)27/h2-3,5-11,16,22H,4,12-15,17-18H2,1H3,(H,26,30). The normalized spacial score (nSPS) is 15.5. The quantitative estimate of drug-likeness (QED) is 0.406. The SMILES string of the molecule is CC(=O)c1ccc(S(=O)(=O)N2CCC(C(=O)NCCCn3ccc4ccccc43)CC2)cc1. The number of aromatic nitrogens is 1. The Bertz CT molecular complexity index is 1240. The summed E-state index contributed by atoms with van der Waals surface area (Å²) in [5.74, 6) is -0.286. The third-order valence-electron chi connectivity index (χ3n) is 6.28. The zero-order valence-corrected chi connectivity index (χ0v) is 19.6. The highest BCUT2D eigenvalue weighted by atomic mass is 32.2. The molecule has 0 aliphatic carbocycles. The third-order valence-corrected chi connectivity index (χ3v) is 8.19. The van der Waals surface area contributed by atoms with Crippen LogP contribution in [0.5, 0.6) is 0 Å². The third kappa shape index (κ3) is 5.17. The van der Waals surface area contributed by atoms with Crippen LogP contribution in [0, 0.1) is 5.92 Å². The zero-order valence-electron chi connectivity index (χ0n) is 18.7. The molecule has 3 aromatic rings. The second-order valence-corrected chi connectivity index (χ2v) is 10.4. The molecule has 0 unspecified atom stereocenters. The summed E-state index contributed by atoms with van der Waals surface area (Å²) >= 11 is 0. The number of carbonyl (C=O) groups is 2. The van der Waals surface area contributed by atoms with Gasteiger partial charge in [-0.15, -0.1) is 0 Å². The molecule has 0 spiro atoms. The van der Waals surface area contributed by atoms with Crippen LogP contribution >= 0.6 is 0 Å². The van der Waals surface area contributed by atoms with Crippen molar-refractivity contribution in [3.05, 3.63) is 66.4 Å². The number of para-hydroxylation sites is 1. The van der Waals surface area contributed by atoms with Gasteiger partial charge in [0.25, 0.3) is 0 Å². The smallest absolute Gasteiger partial charge is 0.243 e. The molecule has 0 radical (unpaired) electrons. The predicted octanol–water partition coefficient (Wildman–Crippen LogP) is 3.45. The Hall–Kier alpha value is -2.97. The molecule has 7 nitrogen and oxygen atoms in total. The van der Waals surface area contributed by atoms with E-state index in [2.05, 4.69) is 34.3 Å². The van der Waals surface area contributed by atoms with E-state index in [9.17, 15) is 18.0 Å². The first-order chi connectivity index (χ1) is 15.9. The highest BCUT2D eigenvalue weighted by Gasteiger charge is 2.32. The van der Waals surface area contributed by atoms with Crippen LogP contribution < -0.4 is 5.32 Å². The summed E-state index contributed by atoms with van der Waals surface area (Å²) in [5, 5.41) is 4.22. The van der Waals surface area contributed by atoms with E-state index in [0.717, 1.165) is 13.0 Å². The van der Waals surface area contributed by atoms with Gasteiger partial charge in [-0.05, 0) is 55.8 Å². The van der Waals surface area contributed by atoms with E-state index in [-0.39, 0.29) is 22.5 Å². The first-order valence-electron chi connectivity index (χ1n) is 11.3. The maximum Gasteiger partial charge on any atom is 0.243 e.